The second-order valence-corrected chi connectivity index (χ2v) is 7.59. The lowest BCUT2D eigenvalue weighted by atomic mass is 10.1. The number of nitrogens with one attached hydrogen (secondary N) is 1. The Labute approximate surface area is 171 Å². The fraction of sp³-hybridized carbons (Fsp3) is 0.476. The average Bonchev–Trinajstić information content (AvgIpc) is 2.68. The van der Waals surface area contributed by atoms with Gasteiger partial charge in [-0.05, 0) is 45.4 Å². The Morgan fingerprint density at radius 3 is 2.41 bits per heavy atom. The lowest BCUT2D eigenvalue weighted by Gasteiger charge is -2.25. The summed E-state index contributed by atoms with van der Waals surface area (Å²) in [6, 6.07) is 8.84. The normalized spacial score (nSPS) is 12.2. The third kappa shape index (κ3) is 6.51. The van der Waals surface area contributed by atoms with Crippen molar-refractivity contribution >= 4 is 23.4 Å². The maximum atomic E-state index is 12.9. The van der Waals surface area contributed by atoms with Gasteiger partial charge in [0.1, 0.15) is 11.6 Å². The molecule has 8 heteroatoms. The molecule has 0 amide bonds. The zero-order chi connectivity index (χ0) is 21.4. The van der Waals surface area contributed by atoms with Crippen molar-refractivity contribution in [2.45, 2.75) is 52.7 Å². The quantitative estimate of drug-likeness (QED) is 0.501. The number of benzene rings is 1. The summed E-state index contributed by atoms with van der Waals surface area (Å²) in [5.41, 5.74) is 0.356. The molecule has 0 aliphatic heterocycles. The van der Waals surface area contributed by atoms with Gasteiger partial charge >= 0.3 is 5.97 Å². The van der Waals surface area contributed by atoms with Gasteiger partial charge < -0.3 is 15.0 Å². The Hall–Kier alpha value is -3.03. The van der Waals surface area contributed by atoms with E-state index < -0.39 is 17.6 Å². The summed E-state index contributed by atoms with van der Waals surface area (Å²) in [5.74, 6) is 0.248. The standard InChI is InChI=1S/C21H29N5O3/c1-6-26(7-2)20-22-14-17(25-28)18(24-20)23-16(19(27)29-21(3,4)5)13-15-11-9-8-10-12-15/h8-12,14,16H,6-7,13H2,1-5H3,(H,22,23,24)/t16-/m0/s1. The number of aromatic nitrogens is 2. The van der Waals surface area contributed by atoms with E-state index in [1.807, 2.05) is 69.9 Å². The summed E-state index contributed by atoms with van der Waals surface area (Å²) in [5, 5.41) is 6.08. The first-order chi connectivity index (χ1) is 13.8. The number of nitrogens with zero attached hydrogens (tertiary/aromatic N) is 4. The van der Waals surface area contributed by atoms with Gasteiger partial charge in [-0.15, -0.1) is 4.91 Å². The second kappa shape index (κ2) is 9.95. The summed E-state index contributed by atoms with van der Waals surface area (Å²) in [6.45, 7) is 10.8. The van der Waals surface area contributed by atoms with Crippen LogP contribution in [0.25, 0.3) is 0 Å². The van der Waals surface area contributed by atoms with E-state index in [1.165, 1.54) is 6.20 Å². The van der Waals surface area contributed by atoms with Crippen molar-refractivity contribution in [1.29, 1.82) is 0 Å². The van der Waals surface area contributed by atoms with E-state index in [1.54, 1.807) is 0 Å². The molecule has 1 atom stereocenters. The lowest BCUT2D eigenvalue weighted by molar-refractivity contribution is -0.155. The number of rotatable bonds is 9. The Balaban J connectivity index is 2.37. The van der Waals surface area contributed by atoms with Gasteiger partial charge in [0.2, 0.25) is 5.95 Å². The van der Waals surface area contributed by atoms with E-state index in [2.05, 4.69) is 20.5 Å². The minimum atomic E-state index is -0.739. The SMILES string of the molecule is CCN(CC)c1ncc(N=O)c(N[C@@H](Cc2ccccc2)C(=O)OC(C)(C)C)n1. The average molecular weight is 399 g/mol. The van der Waals surface area contributed by atoms with Crippen LogP contribution in [0.1, 0.15) is 40.2 Å². The molecule has 0 spiro atoms. The van der Waals surface area contributed by atoms with Crippen molar-refractivity contribution < 1.29 is 9.53 Å². The molecule has 1 aromatic carbocycles. The summed E-state index contributed by atoms with van der Waals surface area (Å²) >= 11 is 0. The Morgan fingerprint density at radius 2 is 1.86 bits per heavy atom. The highest BCUT2D eigenvalue weighted by molar-refractivity contribution is 5.81. The van der Waals surface area contributed by atoms with E-state index in [-0.39, 0.29) is 11.5 Å². The van der Waals surface area contributed by atoms with Gasteiger partial charge in [-0.2, -0.15) is 4.98 Å². The smallest absolute Gasteiger partial charge is 0.329 e. The molecule has 0 saturated heterocycles. The van der Waals surface area contributed by atoms with E-state index in [9.17, 15) is 9.70 Å². The fourth-order valence-corrected chi connectivity index (χ4v) is 2.78. The van der Waals surface area contributed by atoms with Crippen molar-refractivity contribution in [3.8, 4) is 0 Å². The van der Waals surface area contributed by atoms with E-state index >= 15 is 0 Å². The van der Waals surface area contributed by atoms with Crippen molar-refractivity contribution in [2.75, 3.05) is 23.3 Å². The maximum Gasteiger partial charge on any atom is 0.329 e. The van der Waals surface area contributed by atoms with Gasteiger partial charge in [-0.1, -0.05) is 30.3 Å². The zero-order valence-electron chi connectivity index (χ0n) is 17.7. The number of nitroso groups, excluding NO2 is 1. The van der Waals surface area contributed by atoms with Crippen LogP contribution >= 0.6 is 0 Å². The Bertz CT molecular complexity index is 817. The van der Waals surface area contributed by atoms with Crippen LogP contribution in [0.15, 0.2) is 41.7 Å². The topological polar surface area (TPSA) is 96.8 Å². The van der Waals surface area contributed by atoms with Crippen LogP contribution in [0.5, 0.6) is 0 Å². The van der Waals surface area contributed by atoms with Crippen LogP contribution < -0.4 is 10.2 Å². The van der Waals surface area contributed by atoms with E-state index in [0.717, 1.165) is 5.56 Å². The molecule has 1 heterocycles. The van der Waals surface area contributed by atoms with E-state index in [4.69, 9.17) is 4.74 Å². The lowest BCUT2D eigenvalue weighted by Crippen LogP contribution is -2.38. The molecule has 29 heavy (non-hydrogen) atoms. The van der Waals surface area contributed by atoms with Crippen LogP contribution in [-0.2, 0) is 16.0 Å². The third-order valence-corrected chi connectivity index (χ3v) is 4.19. The molecule has 0 fully saturated rings. The number of carbonyl (C=O) groups is 1. The second-order valence-electron chi connectivity index (χ2n) is 7.59. The molecule has 1 aromatic heterocycles. The molecule has 0 unspecified atom stereocenters. The number of ether oxygens (including phenoxy) is 1. The van der Waals surface area contributed by atoms with Gasteiger partial charge in [-0.3, -0.25) is 0 Å². The van der Waals surface area contributed by atoms with Gasteiger partial charge in [0.15, 0.2) is 11.5 Å². The van der Waals surface area contributed by atoms with Crippen LogP contribution in [-0.4, -0.2) is 40.7 Å². The third-order valence-electron chi connectivity index (χ3n) is 4.19. The summed E-state index contributed by atoms with van der Waals surface area (Å²) in [6.07, 6.45) is 1.74. The molecule has 0 bridgehead atoms. The van der Waals surface area contributed by atoms with Crippen LogP contribution in [0, 0.1) is 4.91 Å². The first-order valence-corrected chi connectivity index (χ1v) is 9.76. The highest BCUT2D eigenvalue weighted by Gasteiger charge is 2.27. The monoisotopic (exact) mass is 399 g/mol. The number of anilines is 2. The Morgan fingerprint density at radius 1 is 1.21 bits per heavy atom. The van der Waals surface area contributed by atoms with Gasteiger partial charge in [0, 0.05) is 19.5 Å². The summed E-state index contributed by atoms with van der Waals surface area (Å²) in [7, 11) is 0. The molecule has 8 nitrogen and oxygen atoms in total. The number of carbonyl (C=O) groups excluding carboxylic acids is 1. The van der Waals surface area contributed by atoms with Crippen molar-refractivity contribution in [1.82, 2.24) is 9.97 Å². The molecule has 0 aliphatic carbocycles. The molecule has 2 aromatic rings. The van der Waals surface area contributed by atoms with Crippen LogP contribution in [0.4, 0.5) is 17.5 Å². The first-order valence-electron chi connectivity index (χ1n) is 9.76. The zero-order valence-corrected chi connectivity index (χ0v) is 17.7. The van der Waals surface area contributed by atoms with E-state index in [0.29, 0.717) is 25.5 Å². The minimum Gasteiger partial charge on any atom is -0.458 e. The van der Waals surface area contributed by atoms with Crippen LogP contribution in [0.3, 0.4) is 0 Å². The molecule has 1 N–H and O–H groups in total. The first kappa shape index (κ1) is 22.3. The number of esters is 1. The highest BCUT2D eigenvalue weighted by atomic mass is 16.6. The highest BCUT2D eigenvalue weighted by Crippen LogP contribution is 2.26. The molecule has 0 saturated carbocycles. The van der Waals surface area contributed by atoms with Gasteiger partial charge in [0.25, 0.3) is 0 Å². The Kier molecular flexibility index (Phi) is 7.64. The number of hydrogen-bond donors (Lipinski definition) is 1. The van der Waals surface area contributed by atoms with Crippen LogP contribution in [0.2, 0.25) is 0 Å². The van der Waals surface area contributed by atoms with Crippen molar-refractivity contribution in [3.05, 3.63) is 47.0 Å². The van der Waals surface area contributed by atoms with Gasteiger partial charge in [0.05, 0.1) is 6.20 Å². The molecule has 2 rings (SSSR count). The summed E-state index contributed by atoms with van der Waals surface area (Å²) < 4.78 is 5.57. The number of hydrogen-bond acceptors (Lipinski definition) is 8. The predicted octanol–water partition coefficient (Wildman–Crippen LogP) is 4.09. The van der Waals surface area contributed by atoms with Gasteiger partial charge in [-0.25, -0.2) is 9.78 Å². The molecule has 0 aliphatic rings. The maximum absolute atomic E-state index is 12.9. The predicted molar refractivity (Wildman–Crippen MR) is 114 cm³/mol. The molecule has 156 valence electrons. The van der Waals surface area contributed by atoms with Crippen molar-refractivity contribution in [2.24, 2.45) is 5.18 Å². The molecular formula is C21H29N5O3. The molecular weight excluding hydrogens is 370 g/mol. The minimum absolute atomic E-state index is 0.0440. The molecule has 0 radical (unpaired) electrons. The summed E-state index contributed by atoms with van der Waals surface area (Å²) in [4.78, 5) is 34.7. The fourth-order valence-electron chi connectivity index (χ4n) is 2.78. The van der Waals surface area contributed by atoms with Crippen molar-refractivity contribution in [3.63, 3.8) is 0 Å². The largest absolute Gasteiger partial charge is 0.458 e.